The summed E-state index contributed by atoms with van der Waals surface area (Å²) in [6, 6.07) is 12.9. The molecule has 1 aliphatic carbocycles. The third kappa shape index (κ3) is 7.56. The first-order valence-corrected chi connectivity index (χ1v) is 12.3. The van der Waals surface area contributed by atoms with Gasteiger partial charge in [-0.05, 0) is 36.1 Å². The van der Waals surface area contributed by atoms with Crippen LogP contribution in [0.15, 0.2) is 54.6 Å². The SMILES string of the molecule is O=C(Cn1nc(C(=O)O)cc1OCc1ccc(F)c(C(F)(F)F)c1)NC1CCCCC1OCc1ccccc1. The molecule has 1 aliphatic rings. The van der Waals surface area contributed by atoms with Crippen molar-refractivity contribution < 1.29 is 41.7 Å². The fourth-order valence-corrected chi connectivity index (χ4v) is 4.40. The maximum Gasteiger partial charge on any atom is 0.419 e. The number of nitrogens with one attached hydrogen (secondary N) is 1. The van der Waals surface area contributed by atoms with Crippen LogP contribution in [-0.2, 0) is 35.5 Å². The Morgan fingerprint density at radius 3 is 2.49 bits per heavy atom. The maximum atomic E-state index is 13.6. The van der Waals surface area contributed by atoms with E-state index in [1.807, 2.05) is 30.3 Å². The van der Waals surface area contributed by atoms with Crippen molar-refractivity contribution in [1.82, 2.24) is 15.1 Å². The number of carbonyl (C=O) groups is 2. The lowest BCUT2D eigenvalue weighted by Gasteiger charge is -2.32. The van der Waals surface area contributed by atoms with Gasteiger partial charge in [0, 0.05) is 6.07 Å². The molecule has 0 aliphatic heterocycles. The van der Waals surface area contributed by atoms with Crippen molar-refractivity contribution in [3.8, 4) is 5.88 Å². The minimum Gasteiger partial charge on any atom is -0.476 e. The average Bonchev–Trinajstić information content (AvgIpc) is 3.30. The summed E-state index contributed by atoms with van der Waals surface area (Å²) in [5.74, 6) is -3.39. The molecule has 0 saturated heterocycles. The zero-order valence-corrected chi connectivity index (χ0v) is 20.8. The minimum absolute atomic E-state index is 0.00147. The Kier molecular flexibility index (Phi) is 8.85. The van der Waals surface area contributed by atoms with Gasteiger partial charge in [-0.1, -0.05) is 49.2 Å². The highest BCUT2D eigenvalue weighted by atomic mass is 19.4. The molecule has 2 atom stereocenters. The molecule has 1 amide bonds. The predicted molar refractivity (Wildman–Crippen MR) is 130 cm³/mol. The van der Waals surface area contributed by atoms with Crippen molar-refractivity contribution in [2.45, 2.75) is 63.8 Å². The van der Waals surface area contributed by atoms with Crippen molar-refractivity contribution >= 4 is 11.9 Å². The van der Waals surface area contributed by atoms with Crippen LogP contribution in [0, 0.1) is 5.82 Å². The number of aromatic nitrogens is 2. The molecule has 208 valence electrons. The van der Waals surface area contributed by atoms with Crippen LogP contribution in [0.3, 0.4) is 0 Å². The minimum atomic E-state index is -4.89. The molecule has 8 nitrogen and oxygen atoms in total. The molecule has 3 aromatic rings. The summed E-state index contributed by atoms with van der Waals surface area (Å²) in [6.07, 6.45) is -1.74. The molecule has 0 spiro atoms. The Bertz CT molecular complexity index is 1300. The quantitative estimate of drug-likeness (QED) is 0.347. The molecule has 2 aromatic carbocycles. The summed E-state index contributed by atoms with van der Waals surface area (Å²) in [5.41, 5.74) is -0.844. The van der Waals surface area contributed by atoms with Crippen molar-refractivity contribution in [3.63, 3.8) is 0 Å². The van der Waals surface area contributed by atoms with E-state index in [4.69, 9.17) is 9.47 Å². The highest BCUT2D eigenvalue weighted by molar-refractivity contribution is 5.85. The van der Waals surface area contributed by atoms with Gasteiger partial charge >= 0.3 is 12.1 Å². The molecule has 1 saturated carbocycles. The third-order valence-electron chi connectivity index (χ3n) is 6.33. The number of alkyl halides is 3. The first-order chi connectivity index (χ1) is 18.6. The standard InChI is InChI=1S/C27H27F4N3O5/c28-20-11-10-18(12-19(20)27(29,30)31)16-39-25-13-22(26(36)37)33-34(25)14-24(35)32-21-8-4-5-9-23(21)38-15-17-6-2-1-3-7-17/h1-3,6-7,10-13,21,23H,4-5,8-9,14-16H2,(H,32,35)(H,36,37). The lowest BCUT2D eigenvalue weighted by Crippen LogP contribution is -2.47. The van der Waals surface area contributed by atoms with Gasteiger partial charge in [0.05, 0.1) is 24.3 Å². The van der Waals surface area contributed by atoms with Crippen molar-refractivity contribution in [2.75, 3.05) is 0 Å². The molecule has 2 N–H and O–H groups in total. The molecular formula is C27H27F4N3O5. The number of hydrogen-bond donors (Lipinski definition) is 2. The van der Waals surface area contributed by atoms with Crippen molar-refractivity contribution in [1.29, 1.82) is 0 Å². The summed E-state index contributed by atoms with van der Waals surface area (Å²) in [6.45, 7) is -0.425. The lowest BCUT2D eigenvalue weighted by atomic mass is 9.92. The Balaban J connectivity index is 1.41. The number of carboxylic acids is 1. The summed E-state index contributed by atoms with van der Waals surface area (Å²) in [4.78, 5) is 24.4. The Morgan fingerprint density at radius 1 is 1.03 bits per heavy atom. The number of carboxylic acid groups (broad SMARTS) is 1. The molecule has 1 fully saturated rings. The summed E-state index contributed by atoms with van der Waals surface area (Å²) in [5, 5.41) is 16.1. The van der Waals surface area contributed by atoms with Crippen LogP contribution in [-0.4, -0.2) is 38.9 Å². The van der Waals surface area contributed by atoms with E-state index in [9.17, 15) is 32.3 Å². The zero-order valence-electron chi connectivity index (χ0n) is 20.8. The molecule has 1 heterocycles. The van der Waals surface area contributed by atoms with E-state index in [1.54, 1.807) is 0 Å². The van der Waals surface area contributed by atoms with Crippen molar-refractivity contribution in [2.24, 2.45) is 0 Å². The summed E-state index contributed by atoms with van der Waals surface area (Å²) >= 11 is 0. The van der Waals surface area contributed by atoms with Gasteiger partial charge in [-0.2, -0.15) is 18.3 Å². The van der Waals surface area contributed by atoms with E-state index in [1.165, 1.54) is 0 Å². The normalized spacial score (nSPS) is 17.5. The Hall–Kier alpha value is -3.93. The van der Waals surface area contributed by atoms with E-state index in [0.29, 0.717) is 25.2 Å². The van der Waals surface area contributed by atoms with E-state index in [-0.39, 0.29) is 30.1 Å². The van der Waals surface area contributed by atoms with Gasteiger partial charge in [-0.25, -0.2) is 13.9 Å². The van der Waals surface area contributed by atoms with Gasteiger partial charge in [-0.15, -0.1) is 0 Å². The fraction of sp³-hybridized carbons (Fsp3) is 0.370. The maximum absolute atomic E-state index is 13.6. The number of hydrogen-bond acceptors (Lipinski definition) is 5. The first-order valence-electron chi connectivity index (χ1n) is 12.3. The molecule has 2 unspecified atom stereocenters. The second-order valence-electron chi connectivity index (χ2n) is 9.22. The van der Waals surface area contributed by atoms with Gasteiger partial charge in [0.25, 0.3) is 0 Å². The molecule has 0 bridgehead atoms. The number of ether oxygens (including phenoxy) is 2. The molecule has 4 rings (SSSR count). The second kappa shape index (κ2) is 12.3. The van der Waals surface area contributed by atoms with Gasteiger partial charge < -0.3 is 19.9 Å². The van der Waals surface area contributed by atoms with E-state index in [2.05, 4.69) is 10.4 Å². The number of nitrogens with zero attached hydrogens (tertiary/aromatic N) is 2. The lowest BCUT2D eigenvalue weighted by molar-refractivity contribution is -0.140. The number of amides is 1. The first kappa shape index (κ1) is 28.1. The second-order valence-corrected chi connectivity index (χ2v) is 9.22. The number of halogens is 4. The Labute approximate surface area is 221 Å². The summed E-state index contributed by atoms with van der Waals surface area (Å²) < 4.78 is 65.3. The highest BCUT2D eigenvalue weighted by Crippen LogP contribution is 2.32. The average molecular weight is 550 g/mol. The van der Waals surface area contributed by atoms with Crippen LogP contribution in [0.5, 0.6) is 5.88 Å². The van der Waals surface area contributed by atoms with E-state index in [0.717, 1.165) is 41.6 Å². The molecular weight excluding hydrogens is 522 g/mol. The van der Waals surface area contributed by atoms with Gasteiger partial charge in [0.1, 0.15) is 19.0 Å². The summed E-state index contributed by atoms with van der Waals surface area (Å²) in [7, 11) is 0. The molecule has 1 aromatic heterocycles. The highest BCUT2D eigenvalue weighted by Gasteiger charge is 2.34. The van der Waals surface area contributed by atoms with Crippen LogP contribution in [0.1, 0.15) is 52.9 Å². The van der Waals surface area contributed by atoms with Crippen LogP contribution in [0.4, 0.5) is 17.6 Å². The number of aromatic carboxylic acids is 1. The molecule has 39 heavy (non-hydrogen) atoms. The molecule has 12 heteroatoms. The molecule has 0 radical (unpaired) electrons. The smallest absolute Gasteiger partial charge is 0.419 e. The fourth-order valence-electron chi connectivity index (χ4n) is 4.40. The largest absolute Gasteiger partial charge is 0.476 e. The topological polar surface area (TPSA) is 103 Å². The van der Waals surface area contributed by atoms with Crippen molar-refractivity contribution in [3.05, 3.63) is 82.8 Å². The van der Waals surface area contributed by atoms with Gasteiger partial charge in [0.2, 0.25) is 11.8 Å². The van der Waals surface area contributed by atoms with Gasteiger partial charge in [0.15, 0.2) is 5.69 Å². The van der Waals surface area contributed by atoms with Gasteiger partial charge in [-0.3, -0.25) is 4.79 Å². The van der Waals surface area contributed by atoms with E-state index < -0.39 is 41.7 Å². The third-order valence-corrected chi connectivity index (χ3v) is 6.33. The van der Waals surface area contributed by atoms with Crippen LogP contribution < -0.4 is 10.1 Å². The van der Waals surface area contributed by atoms with Crippen LogP contribution in [0.2, 0.25) is 0 Å². The predicted octanol–water partition coefficient (Wildman–Crippen LogP) is 4.96. The number of rotatable bonds is 10. The number of benzene rings is 2. The number of carbonyl (C=O) groups excluding carboxylic acids is 1. The zero-order chi connectivity index (χ0) is 28.0. The van der Waals surface area contributed by atoms with Crippen LogP contribution in [0.25, 0.3) is 0 Å². The van der Waals surface area contributed by atoms with Crippen LogP contribution >= 0.6 is 0 Å². The Morgan fingerprint density at radius 2 is 1.77 bits per heavy atom. The monoisotopic (exact) mass is 549 g/mol. The van der Waals surface area contributed by atoms with E-state index >= 15 is 0 Å².